The molecule has 3 nitrogen and oxygen atoms in total. The average molecular weight is 329 g/mol. The number of carbonyl (C=O) groups excluding carboxylic acids is 1. The Morgan fingerprint density at radius 1 is 1.53 bits per heavy atom. The Morgan fingerprint density at radius 3 is 2.94 bits per heavy atom. The second-order valence-corrected chi connectivity index (χ2v) is 6.16. The number of nitrogens with zero attached hydrogens (tertiary/aromatic N) is 2. The molecule has 2 aromatic rings. The lowest BCUT2D eigenvalue weighted by molar-refractivity contribution is 0.112. The highest BCUT2D eigenvalue weighted by molar-refractivity contribution is 9.10. The van der Waals surface area contributed by atoms with Gasteiger partial charge >= 0.3 is 0 Å². The molecular weight excluding hydrogens is 320 g/mol. The highest BCUT2D eigenvalue weighted by atomic mass is 79.9. The highest BCUT2D eigenvalue weighted by Crippen LogP contribution is 2.31. The molecule has 0 atom stereocenters. The molecule has 0 fully saturated rings. The Morgan fingerprint density at radius 2 is 2.35 bits per heavy atom. The Hall–Kier alpha value is -0.720. The van der Waals surface area contributed by atoms with Crippen LogP contribution in [0, 0.1) is 0 Å². The molecule has 1 aromatic carbocycles. The van der Waals surface area contributed by atoms with E-state index in [0.29, 0.717) is 5.56 Å². The van der Waals surface area contributed by atoms with Crippen LogP contribution in [0.5, 0.6) is 0 Å². The van der Waals surface area contributed by atoms with E-state index >= 15 is 0 Å². The van der Waals surface area contributed by atoms with Gasteiger partial charge in [0.2, 0.25) is 0 Å². The summed E-state index contributed by atoms with van der Waals surface area (Å²) in [6.07, 6.45) is 1.68. The fourth-order valence-corrected chi connectivity index (χ4v) is 3.53. The molecule has 0 aliphatic carbocycles. The molecule has 0 N–H and O–H groups in total. The van der Waals surface area contributed by atoms with E-state index in [4.69, 9.17) is 0 Å². The van der Waals surface area contributed by atoms with E-state index < -0.39 is 0 Å². The fourth-order valence-electron chi connectivity index (χ4n) is 1.19. The van der Waals surface area contributed by atoms with E-state index in [1.165, 1.54) is 11.5 Å². The van der Waals surface area contributed by atoms with Gasteiger partial charge in [0, 0.05) is 21.4 Å². The molecule has 1 heterocycles. The van der Waals surface area contributed by atoms with E-state index in [1.54, 1.807) is 17.8 Å². The van der Waals surface area contributed by atoms with Crippen molar-refractivity contribution in [1.82, 2.24) is 9.36 Å². The average Bonchev–Trinajstić information content (AvgIpc) is 2.77. The third-order valence-corrected chi connectivity index (χ3v) is 4.54. The summed E-state index contributed by atoms with van der Waals surface area (Å²) in [7, 11) is 0. The Bertz CT molecular complexity index is 542. The predicted molar refractivity (Wildman–Crippen MR) is 72.9 cm³/mol. The first-order valence-corrected chi connectivity index (χ1v) is 7.36. The zero-order chi connectivity index (χ0) is 12.3. The molecule has 0 spiro atoms. The minimum atomic E-state index is 0.654. The SMILES string of the molecule is CCc1nsc(Sc2ccc(C=O)c(Br)c2)n1. The van der Waals surface area contributed by atoms with E-state index in [2.05, 4.69) is 25.3 Å². The maximum absolute atomic E-state index is 10.7. The molecule has 2 rings (SSSR count). The summed E-state index contributed by atoms with van der Waals surface area (Å²) in [6, 6.07) is 5.62. The number of hydrogen-bond donors (Lipinski definition) is 0. The van der Waals surface area contributed by atoms with Crippen molar-refractivity contribution in [3.05, 3.63) is 34.1 Å². The van der Waals surface area contributed by atoms with Crippen molar-refractivity contribution < 1.29 is 4.79 Å². The first kappa shape index (κ1) is 12.7. The van der Waals surface area contributed by atoms with Crippen molar-refractivity contribution in [2.75, 3.05) is 0 Å². The van der Waals surface area contributed by atoms with Crippen molar-refractivity contribution in [2.45, 2.75) is 22.6 Å². The van der Waals surface area contributed by atoms with Crippen LogP contribution in [0.15, 0.2) is 31.9 Å². The zero-order valence-corrected chi connectivity index (χ0v) is 12.2. The largest absolute Gasteiger partial charge is 0.298 e. The number of aromatic nitrogens is 2. The minimum absolute atomic E-state index is 0.654. The highest BCUT2D eigenvalue weighted by Gasteiger charge is 2.06. The number of halogens is 1. The van der Waals surface area contributed by atoms with E-state index in [0.717, 1.165) is 32.2 Å². The molecule has 88 valence electrons. The maximum atomic E-state index is 10.7. The van der Waals surface area contributed by atoms with Gasteiger partial charge in [0.25, 0.3) is 0 Å². The molecule has 0 aliphatic heterocycles. The van der Waals surface area contributed by atoms with Gasteiger partial charge in [0.15, 0.2) is 10.6 Å². The number of aryl methyl sites for hydroxylation is 1. The van der Waals surface area contributed by atoms with Crippen molar-refractivity contribution in [2.24, 2.45) is 0 Å². The summed E-state index contributed by atoms with van der Waals surface area (Å²) in [4.78, 5) is 16.1. The van der Waals surface area contributed by atoms with Gasteiger partial charge < -0.3 is 0 Å². The molecule has 0 saturated heterocycles. The molecule has 0 unspecified atom stereocenters. The van der Waals surface area contributed by atoms with Crippen LogP contribution in [-0.2, 0) is 6.42 Å². The van der Waals surface area contributed by atoms with E-state index in [-0.39, 0.29) is 0 Å². The monoisotopic (exact) mass is 328 g/mol. The number of rotatable bonds is 4. The van der Waals surface area contributed by atoms with Crippen molar-refractivity contribution in [3.8, 4) is 0 Å². The second-order valence-electron chi connectivity index (χ2n) is 3.23. The van der Waals surface area contributed by atoms with Crippen molar-refractivity contribution in [1.29, 1.82) is 0 Å². The smallest absolute Gasteiger partial charge is 0.174 e. The first-order valence-electron chi connectivity index (χ1n) is 4.98. The molecule has 6 heteroatoms. The van der Waals surface area contributed by atoms with Crippen molar-refractivity contribution in [3.63, 3.8) is 0 Å². The van der Waals surface area contributed by atoms with Crippen LogP contribution in [0.3, 0.4) is 0 Å². The number of benzene rings is 1. The molecular formula is C11H9BrN2OS2. The quantitative estimate of drug-likeness (QED) is 0.800. The van der Waals surface area contributed by atoms with Crippen LogP contribution in [0.25, 0.3) is 0 Å². The third kappa shape index (κ3) is 3.14. The van der Waals surface area contributed by atoms with E-state index in [9.17, 15) is 4.79 Å². The minimum Gasteiger partial charge on any atom is -0.298 e. The summed E-state index contributed by atoms with van der Waals surface area (Å²) < 4.78 is 5.96. The van der Waals surface area contributed by atoms with Crippen LogP contribution >= 0.6 is 39.2 Å². The molecule has 17 heavy (non-hydrogen) atoms. The standard InChI is InChI=1S/C11H9BrN2OS2/c1-2-10-13-11(17-14-10)16-8-4-3-7(6-15)9(12)5-8/h3-6H,2H2,1H3. The van der Waals surface area contributed by atoms with Gasteiger partial charge in [-0.3, -0.25) is 4.79 Å². The molecule has 1 aromatic heterocycles. The zero-order valence-electron chi connectivity index (χ0n) is 9.01. The molecule has 0 saturated carbocycles. The second kappa shape index (κ2) is 5.75. The molecule has 0 aliphatic rings. The van der Waals surface area contributed by atoms with Gasteiger partial charge in [-0.25, -0.2) is 4.98 Å². The van der Waals surface area contributed by atoms with E-state index in [1.807, 2.05) is 19.1 Å². The number of hydrogen-bond acceptors (Lipinski definition) is 5. The molecule has 0 bridgehead atoms. The molecule has 0 radical (unpaired) electrons. The van der Waals surface area contributed by atoms with Gasteiger partial charge in [0.1, 0.15) is 5.82 Å². The van der Waals surface area contributed by atoms with Gasteiger partial charge in [-0.2, -0.15) is 4.37 Å². The van der Waals surface area contributed by atoms with Crippen LogP contribution in [0.4, 0.5) is 0 Å². The Kier molecular flexibility index (Phi) is 4.31. The van der Waals surface area contributed by atoms with Crippen LogP contribution in [0.2, 0.25) is 0 Å². The van der Waals surface area contributed by atoms with Gasteiger partial charge in [-0.05, 0) is 29.7 Å². The third-order valence-electron chi connectivity index (χ3n) is 2.07. The van der Waals surface area contributed by atoms with Gasteiger partial charge in [-0.15, -0.1) is 0 Å². The summed E-state index contributed by atoms with van der Waals surface area (Å²) in [6.45, 7) is 2.03. The van der Waals surface area contributed by atoms with Crippen LogP contribution in [-0.4, -0.2) is 15.6 Å². The number of carbonyl (C=O) groups is 1. The Balaban J connectivity index is 2.18. The summed E-state index contributed by atoms with van der Waals surface area (Å²) >= 11 is 6.32. The van der Waals surface area contributed by atoms with Gasteiger partial charge in [0.05, 0.1) is 0 Å². The lowest BCUT2D eigenvalue weighted by atomic mass is 10.2. The van der Waals surface area contributed by atoms with Crippen molar-refractivity contribution >= 4 is 45.5 Å². The summed E-state index contributed by atoms with van der Waals surface area (Å²) in [5.74, 6) is 0.876. The first-order chi connectivity index (χ1) is 8.22. The normalized spacial score (nSPS) is 10.5. The topological polar surface area (TPSA) is 42.9 Å². The maximum Gasteiger partial charge on any atom is 0.174 e. The summed E-state index contributed by atoms with van der Waals surface area (Å²) in [5.41, 5.74) is 0.654. The lowest BCUT2D eigenvalue weighted by Crippen LogP contribution is -1.83. The van der Waals surface area contributed by atoms with Crippen LogP contribution < -0.4 is 0 Å². The Labute approximate surface area is 116 Å². The summed E-state index contributed by atoms with van der Waals surface area (Å²) in [5, 5.41) is 0. The fraction of sp³-hybridized carbons (Fsp3) is 0.182. The molecule has 0 amide bonds. The predicted octanol–water partition coefficient (Wildman–Crippen LogP) is 3.83. The lowest BCUT2D eigenvalue weighted by Gasteiger charge is -2.00. The van der Waals surface area contributed by atoms with Gasteiger partial charge in [-0.1, -0.05) is 34.6 Å². The number of aldehydes is 1. The van der Waals surface area contributed by atoms with Crippen LogP contribution in [0.1, 0.15) is 23.1 Å².